The van der Waals surface area contributed by atoms with E-state index in [0.717, 1.165) is 0 Å². The van der Waals surface area contributed by atoms with Crippen LogP contribution in [0.1, 0.15) is 23.5 Å². The fraction of sp³-hybridized carbons (Fsp3) is 0.500. The second-order valence-corrected chi connectivity index (χ2v) is 1.88. The van der Waals surface area contributed by atoms with Gasteiger partial charge in [0.2, 0.25) is 5.89 Å². The Kier molecular flexibility index (Phi) is 2.76. The summed E-state index contributed by atoms with van der Waals surface area (Å²) in [6, 6.07) is 0. The largest absolute Gasteiger partial charge is 0.459 e. The zero-order valence-electron chi connectivity index (χ0n) is 6.48. The molecule has 6 nitrogen and oxygen atoms in total. The number of ether oxygens (including phenoxy) is 1. The number of aromatic nitrogens is 2. The number of aliphatic hydroxyl groups is 1. The Hall–Kier alpha value is -1.43. The summed E-state index contributed by atoms with van der Waals surface area (Å²) in [5.74, 6) is -0.913. The minimum atomic E-state index is -0.676. The van der Waals surface area contributed by atoms with E-state index in [-0.39, 0.29) is 25.0 Å². The quantitative estimate of drug-likeness (QED) is 0.632. The molecule has 0 saturated carbocycles. The lowest BCUT2D eigenvalue weighted by atomic mass is 10.6. The lowest BCUT2D eigenvalue weighted by Crippen LogP contribution is -2.04. The third-order valence-corrected chi connectivity index (χ3v) is 1.05. The molecule has 0 amide bonds. The topological polar surface area (TPSA) is 85.5 Å². The van der Waals surface area contributed by atoms with E-state index < -0.39 is 5.97 Å². The van der Waals surface area contributed by atoms with Crippen LogP contribution >= 0.6 is 0 Å². The van der Waals surface area contributed by atoms with Gasteiger partial charge in [-0.15, -0.1) is 10.2 Å². The van der Waals surface area contributed by atoms with Crippen LogP contribution in [0.25, 0.3) is 0 Å². The molecule has 1 aromatic rings. The van der Waals surface area contributed by atoms with Crippen molar-refractivity contribution in [3.05, 3.63) is 11.8 Å². The van der Waals surface area contributed by atoms with Gasteiger partial charge in [-0.2, -0.15) is 0 Å². The van der Waals surface area contributed by atoms with E-state index in [4.69, 9.17) is 9.52 Å². The Balaban J connectivity index is 2.68. The van der Waals surface area contributed by atoms with Crippen LogP contribution in [0.4, 0.5) is 0 Å². The SMILES string of the molecule is CCOC(=O)c1nnc(CO)o1. The van der Waals surface area contributed by atoms with Gasteiger partial charge in [0.15, 0.2) is 0 Å². The highest BCUT2D eigenvalue weighted by atomic mass is 16.5. The predicted molar refractivity (Wildman–Crippen MR) is 36.2 cm³/mol. The monoisotopic (exact) mass is 172 g/mol. The van der Waals surface area contributed by atoms with Gasteiger partial charge in [0.1, 0.15) is 6.61 Å². The van der Waals surface area contributed by atoms with Crippen LogP contribution in [0.2, 0.25) is 0 Å². The number of hydrogen-bond acceptors (Lipinski definition) is 6. The summed E-state index contributed by atoms with van der Waals surface area (Å²) in [6.45, 7) is 1.53. The van der Waals surface area contributed by atoms with E-state index >= 15 is 0 Å². The molecule has 12 heavy (non-hydrogen) atoms. The van der Waals surface area contributed by atoms with Crippen molar-refractivity contribution in [3.8, 4) is 0 Å². The molecule has 66 valence electrons. The Morgan fingerprint density at radius 1 is 1.67 bits per heavy atom. The minimum absolute atomic E-state index is 0.00180. The maximum Gasteiger partial charge on any atom is 0.396 e. The summed E-state index contributed by atoms with van der Waals surface area (Å²) in [7, 11) is 0. The first-order chi connectivity index (χ1) is 5.77. The average molecular weight is 172 g/mol. The zero-order chi connectivity index (χ0) is 8.97. The molecule has 1 N–H and O–H groups in total. The van der Waals surface area contributed by atoms with E-state index in [2.05, 4.69) is 14.9 Å². The zero-order valence-corrected chi connectivity index (χ0v) is 6.48. The molecule has 0 atom stereocenters. The molecule has 1 aromatic heterocycles. The number of aliphatic hydroxyl groups excluding tert-OH is 1. The van der Waals surface area contributed by atoms with Gasteiger partial charge in [-0.3, -0.25) is 0 Å². The number of carbonyl (C=O) groups excluding carboxylic acids is 1. The molecule has 1 heterocycles. The highest BCUT2D eigenvalue weighted by molar-refractivity contribution is 5.83. The number of esters is 1. The minimum Gasteiger partial charge on any atom is -0.459 e. The number of rotatable bonds is 3. The third kappa shape index (κ3) is 1.79. The van der Waals surface area contributed by atoms with Gasteiger partial charge in [0, 0.05) is 0 Å². The van der Waals surface area contributed by atoms with Gasteiger partial charge in [-0.05, 0) is 6.92 Å². The van der Waals surface area contributed by atoms with Crippen molar-refractivity contribution in [1.29, 1.82) is 0 Å². The van der Waals surface area contributed by atoms with Crippen LogP contribution in [0.3, 0.4) is 0 Å². The van der Waals surface area contributed by atoms with Gasteiger partial charge >= 0.3 is 11.9 Å². The molecular formula is C6H8N2O4. The van der Waals surface area contributed by atoms with Crippen LogP contribution in [0.5, 0.6) is 0 Å². The molecule has 0 aliphatic heterocycles. The molecule has 6 heteroatoms. The van der Waals surface area contributed by atoms with Crippen molar-refractivity contribution < 1.29 is 19.1 Å². The van der Waals surface area contributed by atoms with Crippen molar-refractivity contribution in [3.63, 3.8) is 0 Å². The van der Waals surface area contributed by atoms with Gasteiger partial charge in [-0.25, -0.2) is 4.79 Å². The molecule has 0 unspecified atom stereocenters. The first kappa shape index (κ1) is 8.66. The summed E-state index contributed by atoms with van der Waals surface area (Å²) < 4.78 is 9.27. The molecular weight excluding hydrogens is 164 g/mol. The molecule has 0 bridgehead atoms. The highest BCUT2D eigenvalue weighted by Gasteiger charge is 2.14. The van der Waals surface area contributed by atoms with E-state index in [1.165, 1.54) is 0 Å². The third-order valence-electron chi connectivity index (χ3n) is 1.05. The summed E-state index contributed by atoms with van der Waals surface area (Å²) >= 11 is 0. The molecule has 0 spiro atoms. The van der Waals surface area contributed by atoms with Gasteiger partial charge in [0.25, 0.3) is 0 Å². The van der Waals surface area contributed by atoms with E-state index in [9.17, 15) is 4.79 Å². The Morgan fingerprint density at radius 3 is 2.92 bits per heavy atom. The maximum atomic E-state index is 10.9. The van der Waals surface area contributed by atoms with Crippen molar-refractivity contribution in [2.75, 3.05) is 6.61 Å². The van der Waals surface area contributed by atoms with Crippen molar-refractivity contribution in [1.82, 2.24) is 10.2 Å². The predicted octanol–water partition coefficient (Wildman–Crippen LogP) is -0.261. The standard InChI is InChI=1S/C6H8N2O4/c1-2-11-6(10)5-8-7-4(3-9)12-5/h9H,2-3H2,1H3. The second kappa shape index (κ2) is 3.82. The molecule has 0 saturated heterocycles. The van der Waals surface area contributed by atoms with Crippen LogP contribution in [0.15, 0.2) is 4.42 Å². The second-order valence-electron chi connectivity index (χ2n) is 1.88. The summed E-state index contributed by atoms with van der Waals surface area (Å²) in [6.07, 6.45) is 0. The fourth-order valence-corrected chi connectivity index (χ4v) is 0.593. The molecule has 0 aliphatic rings. The smallest absolute Gasteiger partial charge is 0.396 e. The van der Waals surface area contributed by atoms with E-state index in [1.807, 2.05) is 0 Å². The molecule has 0 radical (unpaired) electrons. The Bertz CT molecular complexity index is 270. The molecule has 0 fully saturated rings. The number of nitrogens with zero attached hydrogens (tertiary/aromatic N) is 2. The van der Waals surface area contributed by atoms with Crippen molar-refractivity contribution >= 4 is 5.97 Å². The number of hydrogen-bond donors (Lipinski definition) is 1. The van der Waals surface area contributed by atoms with E-state index in [1.54, 1.807) is 6.92 Å². The molecule has 0 aromatic carbocycles. The summed E-state index contributed by atoms with van der Waals surface area (Å²) in [5.41, 5.74) is 0. The maximum absolute atomic E-state index is 10.9. The van der Waals surface area contributed by atoms with Crippen molar-refractivity contribution in [2.24, 2.45) is 0 Å². The number of carbonyl (C=O) groups is 1. The lowest BCUT2D eigenvalue weighted by molar-refractivity contribution is 0.0476. The van der Waals surface area contributed by atoms with Gasteiger partial charge < -0.3 is 14.3 Å². The summed E-state index contributed by atoms with van der Waals surface area (Å²) in [5, 5.41) is 15.2. The average Bonchev–Trinajstić information content (AvgIpc) is 2.52. The first-order valence-electron chi connectivity index (χ1n) is 3.38. The van der Waals surface area contributed by atoms with Crippen LogP contribution in [-0.2, 0) is 11.3 Å². The summed E-state index contributed by atoms with van der Waals surface area (Å²) in [4.78, 5) is 10.9. The molecule has 1 rings (SSSR count). The van der Waals surface area contributed by atoms with Crippen molar-refractivity contribution in [2.45, 2.75) is 13.5 Å². The first-order valence-corrected chi connectivity index (χ1v) is 3.38. The highest BCUT2D eigenvalue weighted by Crippen LogP contribution is 2.00. The van der Waals surface area contributed by atoms with Gasteiger partial charge in [-0.1, -0.05) is 0 Å². The fourth-order valence-electron chi connectivity index (χ4n) is 0.593. The van der Waals surface area contributed by atoms with Crippen LogP contribution < -0.4 is 0 Å². The van der Waals surface area contributed by atoms with Crippen LogP contribution in [0, 0.1) is 0 Å². The van der Waals surface area contributed by atoms with Crippen LogP contribution in [-0.4, -0.2) is 27.9 Å². The van der Waals surface area contributed by atoms with Gasteiger partial charge in [0.05, 0.1) is 6.61 Å². The van der Waals surface area contributed by atoms with E-state index in [0.29, 0.717) is 0 Å². The normalized spacial score (nSPS) is 9.83. The molecule has 0 aliphatic carbocycles. The Labute approximate surface area is 68.2 Å². The lowest BCUT2D eigenvalue weighted by Gasteiger charge is -1.93. The Morgan fingerprint density at radius 2 is 2.42 bits per heavy atom.